The van der Waals surface area contributed by atoms with Gasteiger partial charge in [-0.2, -0.15) is 4.31 Å². The molecule has 0 bridgehead atoms. The van der Waals surface area contributed by atoms with Gasteiger partial charge in [0.15, 0.2) is 0 Å². The Morgan fingerprint density at radius 2 is 2.05 bits per heavy atom. The zero-order valence-electron chi connectivity index (χ0n) is 11.2. The zero-order valence-corrected chi connectivity index (χ0v) is 12.0. The topological polar surface area (TPSA) is 77.8 Å². The molecular formula is C13H16FNO4S. The number of rotatable bonds is 4. The van der Waals surface area contributed by atoms with Crippen LogP contribution < -0.4 is 0 Å². The molecule has 1 rings (SSSR count). The molecule has 0 saturated heterocycles. The molecule has 7 heteroatoms. The van der Waals surface area contributed by atoms with E-state index in [1.54, 1.807) is 0 Å². The van der Waals surface area contributed by atoms with E-state index in [-0.39, 0.29) is 18.8 Å². The summed E-state index contributed by atoms with van der Waals surface area (Å²) in [5.74, 6) is 3.91. The minimum atomic E-state index is -4.02. The van der Waals surface area contributed by atoms with Gasteiger partial charge < -0.3 is 10.2 Å². The molecule has 0 aliphatic carbocycles. The summed E-state index contributed by atoms with van der Waals surface area (Å²) in [7, 11) is -2.74. The highest BCUT2D eigenvalue weighted by Gasteiger charge is 2.27. The molecule has 0 fully saturated rings. The number of aliphatic hydroxyl groups excluding tert-OH is 2. The molecule has 0 amide bonds. The molecule has 20 heavy (non-hydrogen) atoms. The van der Waals surface area contributed by atoms with Gasteiger partial charge in [0.1, 0.15) is 17.3 Å². The van der Waals surface area contributed by atoms with Gasteiger partial charge in [0.05, 0.1) is 6.61 Å². The van der Waals surface area contributed by atoms with Gasteiger partial charge in [-0.1, -0.05) is 11.8 Å². The molecule has 0 spiro atoms. The molecule has 0 aromatic heterocycles. The van der Waals surface area contributed by atoms with Gasteiger partial charge in [-0.15, -0.1) is 0 Å². The van der Waals surface area contributed by atoms with Gasteiger partial charge in [0.2, 0.25) is 10.0 Å². The number of halogens is 1. The fourth-order valence-electron chi connectivity index (χ4n) is 1.44. The third-order valence-corrected chi connectivity index (χ3v) is 4.79. The van der Waals surface area contributed by atoms with Crippen LogP contribution in [0.25, 0.3) is 0 Å². The maximum Gasteiger partial charge on any atom is 0.246 e. The van der Waals surface area contributed by atoms with Gasteiger partial charge >= 0.3 is 0 Å². The van der Waals surface area contributed by atoms with Gasteiger partial charge in [-0.25, -0.2) is 12.8 Å². The van der Waals surface area contributed by atoms with Gasteiger partial charge in [-0.05, 0) is 25.1 Å². The smallest absolute Gasteiger partial charge is 0.246 e. The second-order valence-corrected chi connectivity index (χ2v) is 6.12. The van der Waals surface area contributed by atoms with E-state index in [0.29, 0.717) is 0 Å². The van der Waals surface area contributed by atoms with E-state index in [1.165, 1.54) is 20.0 Å². The molecular weight excluding hydrogens is 285 g/mol. The minimum Gasteiger partial charge on any atom is -0.395 e. The molecule has 5 nitrogen and oxygen atoms in total. The third kappa shape index (κ3) is 3.55. The summed E-state index contributed by atoms with van der Waals surface area (Å²) in [5.41, 5.74) is 0.272. The summed E-state index contributed by atoms with van der Waals surface area (Å²) >= 11 is 0. The van der Waals surface area contributed by atoms with E-state index < -0.39 is 26.8 Å². The molecule has 0 heterocycles. The summed E-state index contributed by atoms with van der Waals surface area (Å²) in [6.07, 6.45) is 0. The Morgan fingerprint density at radius 3 is 2.55 bits per heavy atom. The Bertz CT molecular complexity index is 634. The number of hydrogen-bond donors (Lipinski definition) is 2. The Labute approximate surface area is 117 Å². The summed E-state index contributed by atoms with van der Waals surface area (Å²) < 4.78 is 39.2. The number of likely N-dealkylation sites (N-methyl/N-ethyl adjacent to an activating group) is 1. The lowest BCUT2D eigenvalue weighted by molar-refractivity contribution is 0.213. The second-order valence-electron chi connectivity index (χ2n) is 4.16. The zero-order chi connectivity index (χ0) is 15.3. The van der Waals surface area contributed by atoms with Crippen molar-refractivity contribution in [1.82, 2.24) is 4.31 Å². The van der Waals surface area contributed by atoms with Crippen LogP contribution in [0.2, 0.25) is 0 Å². The van der Waals surface area contributed by atoms with Crippen LogP contribution in [-0.2, 0) is 10.0 Å². The lowest BCUT2D eigenvalue weighted by Crippen LogP contribution is -2.37. The molecule has 1 aromatic rings. The van der Waals surface area contributed by atoms with E-state index in [9.17, 15) is 12.8 Å². The third-order valence-electron chi connectivity index (χ3n) is 2.79. The number of benzene rings is 1. The Hall–Kier alpha value is -1.46. The van der Waals surface area contributed by atoms with Gasteiger partial charge in [-0.3, -0.25) is 0 Å². The average molecular weight is 301 g/mol. The fraction of sp³-hybridized carbons (Fsp3) is 0.385. The number of hydrogen-bond acceptors (Lipinski definition) is 4. The van der Waals surface area contributed by atoms with Crippen molar-refractivity contribution in [2.75, 3.05) is 20.3 Å². The van der Waals surface area contributed by atoms with Crippen LogP contribution in [-0.4, -0.2) is 49.2 Å². The molecule has 0 radical (unpaired) electrons. The minimum absolute atomic E-state index is 0.272. The quantitative estimate of drug-likeness (QED) is 0.777. The van der Waals surface area contributed by atoms with Crippen molar-refractivity contribution in [2.24, 2.45) is 0 Å². The molecule has 0 aliphatic heterocycles. The van der Waals surface area contributed by atoms with E-state index in [1.807, 2.05) is 0 Å². The highest BCUT2D eigenvalue weighted by Crippen LogP contribution is 2.20. The first-order valence-corrected chi connectivity index (χ1v) is 7.26. The maximum atomic E-state index is 13.9. The molecule has 1 unspecified atom stereocenters. The largest absolute Gasteiger partial charge is 0.395 e. The predicted octanol–water partition coefficient (Wildman–Crippen LogP) is 0.171. The second kappa shape index (κ2) is 6.81. The van der Waals surface area contributed by atoms with Gasteiger partial charge in [0, 0.05) is 18.7 Å². The standard InChI is InChI=1S/C13H16FNO4S/c1-10(9-17)15(2)20(18,19)13-6-5-11(4-3-7-16)8-12(13)14/h5-6,8,10,16-17H,7,9H2,1-2H3. The molecule has 1 aromatic carbocycles. The molecule has 0 aliphatic rings. The Kier molecular flexibility index (Phi) is 5.65. The average Bonchev–Trinajstić information content (AvgIpc) is 2.43. The van der Waals surface area contributed by atoms with Crippen LogP contribution in [0.1, 0.15) is 12.5 Å². The molecule has 110 valence electrons. The van der Waals surface area contributed by atoms with Crippen molar-refractivity contribution in [2.45, 2.75) is 17.9 Å². The van der Waals surface area contributed by atoms with Crippen molar-refractivity contribution in [3.05, 3.63) is 29.6 Å². The SMILES string of the molecule is CC(CO)N(C)S(=O)(=O)c1ccc(C#CCO)cc1F. The van der Waals surface area contributed by atoms with Crippen molar-refractivity contribution in [3.63, 3.8) is 0 Å². The molecule has 1 atom stereocenters. The van der Waals surface area contributed by atoms with Crippen molar-refractivity contribution in [1.29, 1.82) is 0 Å². The normalized spacial score (nSPS) is 12.9. The van der Waals surface area contributed by atoms with E-state index in [2.05, 4.69) is 11.8 Å². The summed E-state index contributed by atoms with van der Waals surface area (Å²) in [4.78, 5) is -0.477. The lowest BCUT2D eigenvalue weighted by Gasteiger charge is -2.22. The predicted molar refractivity (Wildman–Crippen MR) is 71.9 cm³/mol. The van der Waals surface area contributed by atoms with Crippen LogP contribution in [0.5, 0.6) is 0 Å². The Balaban J connectivity index is 3.20. The number of sulfonamides is 1. The van der Waals surface area contributed by atoms with Crippen LogP contribution in [0.3, 0.4) is 0 Å². The van der Waals surface area contributed by atoms with Crippen LogP contribution >= 0.6 is 0 Å². The van der Waals surface area contributed by atoms with Crippen LogP contribution in [0.15, 0.2) is 23.1 Å². The summed E-state index contributed by atoms with van der Waals surface area (Å²) in [6, 6.07) is 2.81. The van der Waals surface area contributed by atoms with Crippen LogP contribution in [0.4, 0.5) is 4.39 Å². The van der Waals surface area contributed by atoms with E-state index in [4.69, 9.17) is 10.2 Å². The van der Waals surface area contributed by atoms with Crippen molar-refractivity contribution in [3.8, 4) is 11.8 Å². The fourth-order valence-corrected chi connectivity index (χ4v) is 2.83. The lowest BCUT2D eigenvalue weighted by atomic mass is 10.2. The van der Waals surface area contributed by atoms with Crippen molar-refractivity contribution < 1.29 is 23.0 Å². The first kappa shape index (κ1) is 16.6. The summed E-state index contributed by atoms with van der Waals surface area (Å²) in [6.45, 7) is 0.784. The van der Waals surface area contributed by atoms with E-state index in [0.717, 1.165) is 16.4 Å². The maximum absolute atomic E-state index is 13.9. The van der Waals surface area contributed by atoms with Crippen LogP contribution in [0, 0.1) is 17.7 Å². The number of nitrogens with zero attached hydrogens (tertiary/aromatic N) is 1. The number of aliphatic hydroxyl groups is 2. The highest BCUT2D eigenvalue weighted by molar-refractivity contribution is 7.89. The highest BCUT2D eigenvalue weighted by atomic mass is 32.2. The molecule has 0 saturated carbocycles. The van der Waals surface area contributed by atoms with E-state index >= 15 is 0 Å². The van der Waals surface area contributed by atoms with Crippen molar-refractivity contribution >= 4 is 10.0 Å². The first-order valence-electron chi connectivity index (χ1n) is 5.82. The summed E-state index contributed by atoms with van der Waals surface area (Å²) in [5, 5.41) is 17.5. The Morgan fingerprint density at radius 1 is 1.40 bits per heavy atom. The molecule has 2 N–H and O–H groups in total. The monoisotopic (exact) mass is 301 g/mol. The van der Waals surface area contributed by atoms with Gasteiger partial charge in [0.25, 0.3) is 0 Å². The first-order chi connectivity index (χ1) is 9.34.